The Bertz CT molecular complexity index is 475. The van der Waals surface area contributed by atoms with Crippen molar-refractivity contribution in [2.24, 2.45) is 0 Å². The number of hydrogen-bond acceptors (Lipinski definition) is 4. The summed E-state index contributed by atoms with van der Waals surface area (Å²) in [7, 11) is 0. The Labute approximate surface area is 106 Å². The maximum atomic E-state index is 11.7. The fourth-order valence-electron chi connectivity index (χ4n) is 2.08. The molecule has 0 spiro atoms. The molecule has 0 aliphatic carbocycles. The summed E-state index contributed by atoms with van der Waals surface area (Å²) in [6, 6.07) is 5.84. The summed E-state index contributed by atoms with van der Waals surface area (Å²) in [5.41, 5.74) is 0.534. The molecule has 0 unspecified atom stereocenters. The standard InChI is InChI=1S/C13H16N4O/c1-9(2)17-8-11(5-13(17)18)16-12-4-3-10(6-14)7-15-12/h3-4,7,9,11H,5,8H2,1-2H3,(H,15,16)/t11-/m1/s1. The quantitative estimate of drug-likeness (QED) is 0.872. The van der Waals surface area contributed by atoms with E-state index in [9.17, 15) is 4.79 Å². The minimum Gasteiger partial charge on any atom is -0.365 e. The van der Waals surface area contributed by atoms with E-state index in [1.807, 2.05) is 24.8 Å². The Morgan fingerprint density at radius 2 is 2.33 bits per heavy atom. The highest BCUT2D eigenvalue weighted by molar-refractivity contribution is 5.80. The van der Waals surface area contributed by atoms with E-state index in [1.54, 1.807) is 12.1 Å². The predicted molar refractivity (Wildman–Crippen MR) is 67.8 cm³/mol. The van der Waals surface area contributed by atoms with E-state index in [4.69, 9.17) is 5.26 Å². The number of likely N-dealkylation sites (tertiary alicyclic amines) is 1. The lowest BCUT2D eigenvalue weighted by atomic mass is 10.2. The van der Waals surface area contributed by atoms with Gasteiger partial charge in [-0.15, -0.1) is 0 Å². The molecule has 2 heterocycles. The molecular formula is C13H16N4O. The number of nitriles is 1. The number of aromatic nitrogens is 1. The van der Waals surface area contributed by atoms with E-state index in [0.717, 1.165) is 0 Å². The first kappa shape index (κ1) is 12.4. The van der Waals surface area contributed by atoms with E-state index >= 15 is 0 Å². The van der Waals surface area contributed by atoms with Gasteiger partial charge in [-0.2, -0.15) is 5.26 Å². The molecule has 1 atom stereocenters. The number of nitrogens with zero attached hydrogens (tertiary/aromatic N) is 3. The minimum atomic E-state index is 0.0975. The van der Waals surface area contributed by atoms with Gasteiger partial charge in [0.2, 0.25) is 5.91 Å². The molecule has 94 valence electrons. The monoisotopic (exact) mass is 244 g/mol. The molecular weight excluding hydrogens is 228 g/mol. The minimum absolute atomic E-state index is 0.0975. The number of carbonyl (C=O) groups is 1. The summed E-state index contributed by atoms with van der Waals surface area (Å²) in [6.07, 6.45) is 2.03. The van der Waals surface area contributed by atoms with Crippen LogP contribution < -0.4 is 5.32 Å². The largest absolute Gasteiger partial charge is 0.365 e. The number of rotatable bonds is 3. The molecule has 0 aromatic carbocycles. The highest BCUT2D eigenvalue weighted by Gasteiger charge is 2.31. The van der Waals surface area contributed by atoms with Crippen molar-refractivity contribution in [1.82, 2.24) is 9.88 Å². The molecule has 1 aromatic heterocycles. The van der Waals surface area contributed by atoms with Crippen molar-refractivity contribution in [3.63, 3.8) is 0 Å². The van der Waals surface area contributed by atoms with Crippen molar-refractivity contribution >= 4 is 11.7 Å². The smallest absolute Gasteiger partial charge is 0.225 e. The Balaban J connectivity index is 1.99. The number of pyridine rings is 1. The summed E-state index contributed by atoms with van der Waals surface area (Å²) < 4.78 is 0. The van der Waals surface area contributed by atoms with Crippen LogP contribution in [-0.2, 0) is 4.79 Å². The van der Waals surface area contributed by atoms with Crippen LogP contribution in [0.1, 0.15) is 25.8 Å². The molecule has 0 radical (unpaired) electrons. The van der Waals surface area contributed by atoms with Gasteiger partial charge < -0.3 is 10.2 Å². The summed E-state index contributed by atoms with van der Waals surface area (Å²) >= 11 is 0. The van der Waals surface area contributed by atoms with Gasteiger partial charge in [0, 0.05) is 25.2 Å². The molecule has 18 heavy (non-hydrogen) atoms. The van der Waals surface area contributed by atoms with Crippen molar-refractivity contribution in [3.05, 3.63) is 23.9 Å². The Morgan fingerprint density at radius 3 is 2.83 bits per heavy atom. The van der Waals surface area contributed by atoms with Gasteiger partial charge in [0.15, 0.2) is 0 Å². The molecule has 1 fully saturated rings. The van der Waals surface area contributed by atoms with Crippen LogP contribution in [0.4, 0.5) is 5.82 Å². The maximum absolute atomic E-state index is 11.7. The van der Waals surface area contributed by atoms with Crippen LogP contribution >= 0.6 is 0 Å². The lowest BCUT2D eigenvalue weighted by Gasteiger charge is -2.21. The second-order valence-electron chi connectivity index (χ2n) is 4.73. The third-order valence-corrected chi connectivity index (χ3v) is 3.03. The van der Waals surface area contributed by atoms with Gasteiger partial charge in [-0.05, 0) is 26.0 Å². The lowest BCUT2D eigenvalue weighted by Crippen LogP contribution is -2.33. The van der Waals surface area contributed by atoms with Gasteiger partial charge in [0.05, 0.1) is 11.6 Å². The zero-order valence-electron chi connectivity index (χ0n) is 10.6. The van der Waals surface area contributed by atoms with Crippen LogP contribution in [0.15, 0.2) is 18.3 Å². The average molecular weight is 244 g/mol. The number of carbonyl (C=O) groups excluding carboxylic acids is 1. The SMILES string of the molecule is CC(C)N1C[C@H](Nc2ccc(C#N)cn2)CC1=O. The van der Waals surface area contributed by atoms with Crippen LogP contribution in [0, 0.1) is 11.3 Å². The second kappa shape index (κ2) is 5.05. The number of anilines is 1. The third kappa shape index (κ3) is 2.59. The molecule has 1 aromatic rings. The van der Waals surface area contributed by atoms with Crippen LogP contribution in [0.25, 0.3) is 0 Å². The maximum Gasteiger partial charge on any atom is 0.225 e. The Hall–Kier alpha value is -2.09. The normalized spacial score (nSPS) is 19.1. The van der Waals surface area contributed by atoms with Crippen molar-refractivity contribution in [2.45, 2.75) is 32.4 Å². The molecule has 5 heteroatoms. The van der Waals surface area contributed by atoms with E-state index < -0.39 is 0 Å². The van der Waals surface area contributed by atoms with Crippen molar-refractivity contribution in [1.29, 1.82) is 5.26 Å². The fourth-order valence-corrected chi connectivity index (χ4v) is 2.08. The summed E-state index contributed by atoms with van der Waals surface area (Å²) in [5, 5.41) is 11.9. The van der Waals surface area contributed by atoms with Crippen molar-refractivity contribution < 1.29 is 4.79 Å². The van der Waals surface area contributed by atoms with E-state index in [1.165, 1.54) is 6.20 Å². The topological polar surface area (TPSA) is 69.0 Å². The first-order valence-corrected chi connectivity index (χ1v) is 6.02. The average Bonchev–Trinajstić information content (AvgIpc) is 2.71. The fraction of sp³-hybridized carbons (Fsp3) is 0.462. The van der Waals surface area contributed by atoms with Crippen LogP contribution in [-0.4, -0.2) is 34.4 Å². The second-order valence-corrected chi connectivity index (χ2v) is 4.73. The van der Waals surface area contributed by atoms with Gasteiger partial charge in [0.25, 0.3) is 0 Å². The molecule has 0 saturated carbocycles. The molecule has 5 nitrogen and oxygen atoms in total. The zero-order valence-corrected chi connectivity index (χ0v) is 10.6. The molecule has 0 bridgehead atoms. The first-order chi connectivity index (χ1) is 8.60. The van der Waals surface area contributed by atoms with E-state index in [2.05, 4.69) is 10.3 Å². The molecule has 1 saturated heterocycles. The third-order valence-electron chi connectivity index (χ3n) is 3.03. The molecule has 1 N–H and O–H groups in total. The molecule has 2 rings (SSSR count). The number of amides is 1. The summed E-state index contributed by atoms with van der Waals surface area (Å²) in [6.45, 7) is 4.73. The van der Waals surface area contributed by atoms with Crippen molar-refractivity contribution in [3.8, 4) is 6.07 Å². The van der Waals surface area contributed by atoms with Gasteiger partial charge >= 0.3 is 0 Å². The summed E-state index contributed by atoms with van der Waals surface area (Å²) in [5.74, 6) is 0.883. The van der Waals surface area contributed by atoms with Gasteiger partial charge in [-0.3, -0.25) is 4.79 Å². The molecule has 1 amide bonds. The summed E-state index contributed by atoms with van der Waals surface area (Å²) in [4.78, 5) is 17.7. The Morgan fingerprint density at radius 1 is 1.56 bits per heavy atom. The van der Waals surface area contributed by atoms with Crippen LogP contribution in [0.2, 0.25) is 0 Å². The lowest BCUT2D eigenvalue weighted by molar-refractivity contribution is -0.129. The van der Waals surface area contributed by atoms with Gasteiger partial charge in [-0.25, -0.2) is 4.98 Å². The highest BCUT2D eigenvalue weighted by atomic mass is 16.2. The zero-order chi connectivity index (χ0) is 13.1. The highest BCUT2D eigenvalue weighted by Crippen LogP contribution is 2.17. The van der Waals surface area contributed by atoms with E-state index in [0.29, 0.717) is 24.3 Å². The van der Waals surface area contributed by atoms with Gasteiger partial charge in [-0.1, -0.05) is 0 Å². The predicted octanol–water partition coefficient (Wildman–Crippen LogP) is 1.37. The Kier molecular flexibility index (Phi) is 3.47. The van der Waals surface area contributed by atoms with Crippen LogP contribution in [0.5, 0.6) is 0 Å². The molecule has 1 aliphatic rings. The molecule has 1 aliphatic heterocycles. The van der Waals surface area contributed by atoms with Crippen molar-refractivity contribution in [2.75, 3.05) is 11.9 Å². The van der Waals surface area contributed by atoms with Crippen LogP contribution in [0.3, 0.4) is 0 Å². The number of hydrogen-bond donors (Lipinski definition) is 1. The van der Waals surface area contributed by atoms with E-state index in [-0.39, 0.29) is 18.0 Å². The van der Waals surface area contributed by atoms with Gasteiger partial charge in [0.1, 0.15) is 11.9 Å². The number of nitrogens with one attached hydrogen (secondary N) is 1. The first-order valence-electron chi connectivity index (χ1n) is 6.02.